The number of hydrogen-bond donors (Lipinski definition) is 3. The molecule has 1 amide bonds. The van der Waals surface area contributed by atoms with Gasteiger partial charge in [0.25, 0.3) is 0 Å². The summed E-state index contributed by atoms with van der Waals surface area (Å²) in [5, 5.41) is 23.2. The molecule has 0 saturated carbocycles. The Balaban J connectivity index is 3.35. The molecule has 2 unspecified atom stereocenters. The van der Waals surface area contributed by atoms with E-state index in [9.17, 15) is 19.8 Å². The Hall–Kier alpha value is -2.18. The van der Waals surface area contributed by atoms with Gasteiger partial charge in [-0.1, -0.05) is 319 Å². The van der Waals surface area contributed by atoms with E-state index in [4.69, 9.17) is 4.74 Å². The third kappa shape index (κ3) is 63.0. The van der Waals surface area contributed by atoms with Crippen molar-refractivity contribution in [2.45, 2.75) is 386 Å². The first-order chi connectivity index (χ1) is 38.5. The number of ether oxygens (including phenoxy) is 1. The van der Waals surface area contributed by atoms with Crippen LogP contribution < -0.4 is 5.32 Å². The summed E-state index contributed by atoms with van der Waals surface area (Å²) in [5.74, 6) is -0.0301. The highest BCUT2D eigenvalue weighted by molar-refractivity contribution is 5.76. The first-order valence-electron chi connectivity index (χ1n) is 34.9. The molecule has 458 valence electrons. The van der Waals surface area contributed by atoms with Crippen molar-refractivity contribution >= 4 is 11.9 Å². The van der Waals surface area contributed by atoms with Crippen LogP contribution in [-0.2, 0) is 14.3 Å². The minimum absolute atomic E-state index is 0.00322. The summed E-state index contributed by atoms with van der Waals surface area (Å²) in [4.78, 5) is 24.5. The molecule has 2 atom stereocenters. The van der Waals surface area contributed by atoms with Crippen molar-refractivity contribution in [1.82, 2.24) is 5.32 Å². The first kappa shape index (κ1) is 75.8. The fraction of sp³-hybridized carbons (Fsp3) is 0.861. The largest absolute Gasteiger partial charge is 0.466 e. The topological polar surface area (TPSA) is 95.9 Å². The van der Waals surface area contributed by atoms with Crippen LogP contribution in [0.15, 0.2) is 48.6 Å². The molecule has 0 spiro atoms. The Morgan fingerprint density at radius 3 is 0.987 bits per heavy atom. The molecular weight excluding hydrogens is 959 g/mol. The molecule has 0 rings (SSSR count). The average molecular weight is 1090 g/mol. The van der Waals surface area contributed by atoms with Gasteiger partial charge in [-0.15, -0.1) is 0 Å². The second-order valence-corrected chi connectivity index (χ2v) is 23.9. The molecule has 0 heterocycles. The highest BCUT2D eigenvalue weighted by atomic mass is 16.5. The fourth-order valence-electron chi connectivity index (χ4n) is 10.8. The summed E-state index contributed by atoms with van der Waals surface area (Å²) < 4.78 is 5.49. The Morgan fingerprint density at radius 2 is 0.641 bits per heavy atom. The minimum atomic E-state index is -0.661. The number of unbranched alkanes of at least 4 members (excludes halogenated alkanes) is 46. The molecule has 0 aromatic carbocycles. The number of nitrogens with one attached hydrogen (secondary N) is 1. The van der Waals surface area contributed by atoms with Crippen molar-refractivity contribution in [3.63, 3.8) is 0 Å². The lowest BCUT2D eigenvalue weighted by Crippen LogP contribution is -2.45. The number of esters is 1. The molecule has 6 nitrogen and oxygen atoms in total. The third-order valence-electron chi connectivity index (χ3n) is 16.1. The van der Waals surface area contributed by atoms with E-state index in [-0.39, 0.29) is 18.5 Å². The Bertz CT molecular complexity index is 1310. The molecule has 6 heteroatoms. The van der Waals surface area contributed by atoms with Crippen LogP contribution >= 0.6 is 0 Å². The van der Waals surface area contributed by atoms with Crippen LogP contribution in [0.25, 0.3) is 0 Å². The lowest BCUT2D eigenvalue weighted by Gasteiger charge is -2.22. The van der Waals surface area contributed by atoms with Gasteiger partial charge in [-0.3, -0.25) is 9.59 Å². The van der Waals surface area contributed by atoms with E-state index in [1.807, 2.05) is 0 Å². The quantitative estimate of drug-likeness (QED) is 0.0320. The Morgan fingerprint density at radius 1 is 0.359 bits per heavy atom. The summed E-state index contributed by atoms with van der Waals surface area (Å²) in [6.45, 7) is 4.93. The highest BCUT2D eigenvalue weighted by Crippen LogP contribution is 2.18. The molecule has 0 aliphatic rings. The molecule has 0 fully saturated rings. The van der Waals surface area contributed by atoms with Gasteiger partial charge in [0.1, 0.15) is 0 Å². The van der Waals surface area contributed by atoms with E-state index in [0.717, 1.165) is 57.8 Å². The summed E-state index contributed by atoms with van der Waals surface area (Å²) >= 11 is 0. The molecule has 0 bridgehead atoms. The molecule has 78 heavy (non-hydrogen) atoms. The Kier molecular flexibility index (Phi) is 65.4. The predicted molar refractivity (Wildman–Crippen MR) is 342 cm³/mol. The SMILES string of the molecule is CCCCCC/C=C\C/C=C\CCCCCCCC(=O)OCCCCCCCCCCCCC/C=C\C/C=C\CCCCCCCCCCCCCCCCCCCC(=O)NC(CO)C(O)CCCCCCCCCCCC. The van der Waals surface area contributed by atoms with Crippen molar-refractivity contribution in [2.24, 2.45) is 0 Å². The standard InChI is InChI=1S/C72H135NO5/c1-3-5-7-9-11-13-15-16-17-40-43-46-50-54-58-62-66-72(77)78-67-63-59-55-51-47-44-41-38-36-34-32-30-28-26-24-22-20-18-19-21-23-25-27-29-31-33-35-37-39-42-45-49-53-57-61-65-71(76)73-69(68-74)70(75)64-60-56-52-48-14-12-10-8-6-4-2/h13,15,17,20,22,26,28,40,69-70,74-75H,3-12,14,16,18-19,21,23-25,27,29-39,41-68H2,1-2H3,(H,73,76)/b15-13-,22-20-,28-26-,40-17-. The van der Waals surface area contributed by atoms with Crippen molar-refractivity contribution in [1.29, 1.82) is 0 Å². The molecular formula is C72H135NO5. The van der Waals surface area contributed by atoms with E-state index < -0.39 is 12.1 Å². The van der Waals surface area contributed by atoms with Gasteiger partial charge >= 0.3 is 5.97 Å². The molecule has 0 aromatic rings. The van der Waals surface area contributed by atoms with Crippen LogP contribution in [0, 0.1) is 0 Å². The molecule has 0 radical (unpaired) electrons. The summed E-state index contributed by atoms with van der Waals surface area (Å²) in [5.41, 5.74) is 0. The second kappa shape index (κ2) is 67.3. The van der Waals surface area contributed by atoms with Crippen LogP contribution in [0.1, 0.15) is 373 Å². The van der Waals surface area contributed by atoms with Gasteiger partial charge in [0, 0.05) is 12.8 Å². The lowest BCUT2D eigenvalue weighted by atomic mass is 10.0. The van der Waals surface area contributed by atoms with Crippen LogP contribution in [0.4, 0.5) is 0 Å². The normalized spacial score (nSPS) is 12.8. The number of aliphatic hydroxyl groups is 2. The Labute approximate surface area is 486 Å². The number of carbonyl (C=O) groups is 2. The molecule has 3 N–H and O–H groups in total. The van der Waals surface area contributed by atoms with Gasteiger partial charge < -0.3 is 20.3 Å². The zero-order chi connectivity index (χ0) is 56.4. The van der Waals surface area contributed by atoms with E-state index in [2.05, 4.69) is 67.8 Å². The van der Waals surface area contributed by atoms with Gasteiger partial charge in [0.2, 0.25) is 5.91 Å². The maximum Gasteiger partial charge on any atom is 0.305 e. The number of aliphatic hydroxyl groups excluding tert-OH is 2. The molecule has 0 aliphatic carbocycles. The first-order valence-corrected chi connectivity index (χ1v) is 34.9. The summed E-state index contributed by atoms with van der Waals surface area (Å²) in [6.07, 6.45) is 87.4. The van der Waals surface area contributed by atoms with Crippen LogP contribution in [0.3, 0.4) is 0 Å². The predicted octanol–water partition coefficient (Wildman–Crippen LogP) is 22.5. The van der Waals surface area contributed by atoms with Crippen molar-refractivity contribution < 1.29 is 24.5 Å². The lowest BCUT2D eigenvalue weighted by molar-refractivity contribution is -0.143. The van der Waals surface area contributed by atoms with Crippen LogP contribution in [0.2, 0.25) is 0 Å². The van der Waals surface area contributed by atoms with Gasteiger partial charge in [-0.2, -0.15) is 0 Å². The van der Waals surface area contributed by atoms with Gasteiger partial charge in [0.15, 0.2) is 0 Å². The smallest absolute Gasteiger partial charge is 0.305 e. The fourth-order valence-corrected chi connectivity index (χ4v) is 10.8. The van der Waals surface area contributed by atoms with Crippen LogP contribution in [0.5, 0.6) is 0 Å². The minimum Gasteiger partial charge on any atom is -0.466 e. The van der Waals surface area contributed by atoms with Crippen molar-refractivity contribution in [2.75, 3.05) is 13.2 Å². The maximum absolute atomic E-state index is 12.4. The summed E-state index contributed by atoms with van der Waals surface area (Å²) in [6, 6.07) is -0.538. The maximum atomic E-state index is 12.4. The second-order valence-electron chi connectivity index (χ2n) is 23.9. The number of hydrogen-bond acceptors (Lipinski definition) is 5. The van der Waals surface area contributed by atoms with E-state index in [1.165, 1.54) is 283 Å². The number of rotatable bonds is 65. The van der Waals surface area contributed by atoms with Gasteiger partial charge in [-0.25, -0.2) is 0 Å². The highest BCUT2D eigenvalue weighted by Gasteiger charge is 2.20. The van der Waals surface area contributed by atoms with E-state index in [0.29, 0.717) is 25.9 Å². The van der Waals surface area contributed by atoms with E-state index in [1.54, 1.807) is 0 Å². The van der Waals surface area contributed by atoms with Crippen molar-refractivity contribution in [3.8, 4) is 0 Å². The summed E-state index contributed by atoms with van der Waals surface area (Å²) in [7, 11) is 0. The zero-order valence-corrected chi connectivity index (χ0v) is 52.4. The number of carbonyl (C=O) groups excluding carboxylic acids is 2. The number of allylic oxidation sites excluding steroid dienone is 8. The third-order valence-corrected chi connectivity index (χ3v) is 16.1. The monoisotopic (exact) mass is 1090 g/mol. The molecule has 0 aliphatic heterocycles. The van der Waals surface area contributed by atoms with Gasteiger partial charge in [-0.05, 0) is 89.9 Å². The van der Waals surface area contributed by atoms with E-state index >= 15 is 0 Å². The molecule has 0 aromatic heterocycles. The average Bonchev–Trinajstić information content (AvgIpc) is 3.44. The number of amides is 1. The van der Waals surface area contributed by atoms with Crippen LogP contribution in [-0.4, -0.2) is 47.4 Å². The zero-order valence-electron chi connectivity index (χ0n) is 52.4. The molecule has 0 saturated heterocycles. The van der Waals surface area contributed by atoms with Crippen molar-refractivity contribution in [3.05, 3.63) is 48.6 Å². The van der Waals surface area contributed by atoms with Gasteiger partial charge in [0.05, 0.1) is 25.4 Å².